The number of rotatable bonds is 8. The third kappa shape index (κ3) is 4.48. The molecule has 1 rings (SSSR count). The summed E-state index contributed by atoms with van der Waals surface area (Å²) in [5.41, 5.74) is 2.42. The van der Waals surface area contributed by atoms with Crippen molar-refractivity contribution in [3.63, 3.8) is 0 Å². The molecule has 0 amide bonds. The molecule has 1 aromatic carbocycles. The summed E-state index contributed by atoms with van der Waals surface area (Å²) >= 11 is 6.09. The minimum absolute atomic E-state index is 0.222. The summed E-state index contributed by atoms with van der Waals surface area (Å²) in [6.07, 6.45) is 0.779. The number of aliphatic hydroxyl groups is 1. The molecule has 0 spiro atoms. The van der Waals surface area contributed by atoms with E-state index < -0.39 is 0 Å². The molecule has 0 aliphatic carbocycles. The zero-order valence-electron chi connectivity index (χ0n) is 11.2. The summed E-state index contributed by atoms with van der Waals surface area (Å²) in [6, 6.07) is 6.01. The molecule has 102 valence electrons. The Balaban J connectivity index is 2.90. The number of nitrogens with one attached hydrogen (secondary N) is 1. The third-order valence-corrected chi connectivity index (χ3v) is 3.16. The highest BCUT2D eigenvalue weighted by molar-refractivity contribution is 6.30. The minimum Gasteiger partial charge on any atom is -0.396 e. The van der Waals surface area contributed by atoms with Crippen LogP contribution in [0.2, 0.25) is 5.02 Å². The lowest BCUT2D eigenvalue weighted by molar-refractivity contribution is 0.289. The first-order valence-corrected chi connectivity index (χ1v) is 6.95. The van der Waals surface area contributed by atoms with E-state index in [4.69, 9.17) is 16.7 Å². The van der Waals surface area contributed by atoms with E-state index in [1.807, 2.05) is 12.1 Å². The van der Waals surface area contributed by atoms with Gasteiger partial charge in [-0.15, -0.1) is 0 Å². The van der Waals surface area contributed by atoms with E-state index in [0.717, 1.165) is 37.6 Å². The standard InChI is InChI=1S/C14H23ClN2O/c1-3-16-11-12-6-7-13(15)10-14(12)17(4-2)8-5-9-18/h6-7,10,16,18H,3-5,8-9,11H2,1-2H3. The highest BCUT2D eigenvalue weighted by atomic mass is 35.5. The van der Waals surface area contributed by atoms with E-state index in [1.54, 1.807) is 0 Å². The molecule has 0 unspecified atom stereocenters. The molecule has 3 nitrogen and oxygen atoms in total. The van der Waals surface area contributed by atoms with Gasteiger partial charge in [0.25, 0.3) is 0 Å². The second-order valence-corrected chi connectivity index (χ2v) is 4.65. The van der Waals surface area contributed by atoms with Gasteiger partial charge in [0.15, 0.2) is 0 Å². The third-order valence-electron chi connectivity index (χ3n) is 2.92. The van der Waals surface area contributed by atoms with Crippen LogP contribution in [0.25, 0.3) is 0 Å². The lowest BCUT2D eigenvalue weighted by atomic mass is 10.1. The van der Waals surface area contributed by atoms with Crippen molar-refractivity contribution in [2.75, 3.05) is 31.1 Å². The molecule has 0 saturated carbocycles. The number of hydrogen-bond acceptors (Lipinski definition) is 3. The molecule has 0 fully saturated rings. The topological polar surface area (TPSA) is 35.5 Å². The van der Waals surface area contributed by atoms with Crippen LogP contribution < -0.4 is 10.2 Å². The number of hydrogen-bond donors (Lipinski definition) is 2. The fourth-order valence-corrected chi connectivity index (χ4v) is 2.12. The Morgan fingerprint density at radius 3 is 2.72 bits per heavy atom. The van der Waals surface area contributed by atoms with Crippen molar-refractivity contribution in [1.82, 2.24) is 5.32 Å². The second-order valence-electron chi connectivity index (χ2n) is 4.21. The lowest BCUT2D eigenvalue weighted by Gasteiger charge is -2.26. The largest absolute Gasteiger partial charge is 0.396 e. The Bertz CT molecular complexity index is 358. The van der Waals surface area contributed by atoms with E-state index in [0.29, 0.717) is 0 Å². The van der Waals surface area contributed by atoms with Crippen molar-refractivity contribution in [2.45, 2.75) is 26.8 Å². The van der Waals surface area contributed by atoms with Gasteiger partial charge in [-0.3, -0.25) is 0 Å². The number of anilines is 1. The normalized spacial score (nSPS) is 10.7. The van der Waals surface area contributed by atoms with Gasteiger partial charge < -0.3 is 15.3 Å². The molecule has 2 N–H and O–H groups in total. The minimum atomic E-state index is 0.222. The van der Waals surface area contributed by atoms with Gasteiger partial charge in [-0.25, -0.2) is 0 Å². The molecule has 1 aromatic rings. The van der Waals surface area contributed by atoms with Crippen LogP contribution in [0.5, 0.6) is 0 Å². The number of benzene rings is 1. The number of nitrogens with zero attached hydrogens (tertiary/aromatic N) is 1. The zero-order chi connectivity index (χ0) is 13.4. The highest BCUT2D eigenvalue weighted by Gasteiger charge is 2.10. The summed E-state index contributed by atoms with van der Waals surface area (Å²) in [4.78, 5) is 2.26. The molecule has 0 saturated heterocycles. The monoisotopic (exact) mass is 270 g/mol. The number of halogens is 1. The maximum atomic E-state index is 8.96. The van der Waals surface area contributed by atoms with E-state index in [-0.39, 0.29) is 6.61 Å². The van der Waals surface area contributed by atoms with Gasteiger partial charge >= 0.3 is 0 Å². The van der Waals surface area contributed by atoms with E-state index in [2.05, 4.69) is 30.1 Å². The first-order valence-electron chi connectivity index (χ1n) is 6.57. The van der Waals surface area contributed by atoms with Crippen LogP contribution in [0.3, 0.4) is 0 Å². The van der Waals surface area contributed by atoms with Gasteiger partial charge in [-0.2, -0.15) is 0 Å². The fraction of sp³-hybridized carbons (Fsp3) is 0.571. The zero-order valence-corrected chi connectivity index (χ0v) is 12.0. The van der Waals surface area contributed by atoms with Crippen molar-refractivity contribution in [1.29, 1.82) is 0 Å². The van der Waals surface area contributed by atoms with Gasteiger partial charge in [0.2, 0.25) is 0 Å². The molecular weight excluding hydrogens is 248 g/mol. The Labute approximate surface area is 115 Å². The Kier molecular flexibility index (Phi) is 7.09. The molecular formula is C14H23ClN2O. The molecule has 0 heterocycles. The quantitative estimate of drug-likeness (QED) is 0.762. The van der Waals surface area contributed by atoms with Crippen molar-refractivity contribution in [2.24, 2.45) is 0 Å². The first kappa shape index (κ1) is 15.3. The second kappa shape index (κ2) is 8.35. The predicted molar refractivity (Wildman–Crippen MR) is 78.4 cm³/mol. The van der Waals surface area contributed by atoms with Gasteiger partial charge in [0, 0.05) is 37.0 Å². The molecule has 18 heavy (non-hydrogen) atoms. The SMILES string of the molecule is CCNCc1ccc(Cl)cc1N(CC)CCCO. The van der Waals surface area contributed by atoms with Crippen LogP contribution in [-0.2, 0) is 6.54 Å². The van der Waals surface area contributed by atoms with Gasteiger partial charge in [-0.1, -0.05) is 24.6 Å². The molecule has 4 heteroatoms. The van der Waals surface area contributed by atoms with Crippen LogP contribution in [0.4, 0.5) is 5.69 Å². The van der Waals surface area contributed by atoms with Crippen LogP contribution in [0.15, 0.2) is 18.2 Å². The lowest BCUT2D eigenvalue weighted by Crippen LogP contribution is -2.26. The first-order chi connectivity index (χ1) is 8.72. The maximum absolute atomic E-state index is 8.96. The van der Waals surface area contributed by atoms with Crippen LogP contribution in [0, 0.1) is 0 Å². The summed E-state index contributed by atoms with van der Waals surface area (Å²) in [5, 5.41) is 13.1. The maximum Gasteiger partial charge on any atom is 0.0447 e. The molecule has 0 aromatic heterocycles. The van der Waals surface area contributed by atoms with Crippen LogP contribution in [-0.4, -0.2) is 31.3 Å². The van der Waals surface area contributed by atoms with Gasteiger partial charge in [0.1, 0.15) is 0 Å². The number of aliphatic hydroxyl groups excluding tert-OH is 1. The van der Waals surface area contributed by atoms with Crippen molar-refractivity contribution in [3.05, 3.63) is 28.8 Å². The average molecular weight is 271 g/mol. The summed E-state index contributed by atoms with van der Waals surface area (Å²) in [5.74, 6) is 0. The van der Waals surface area contributed by atoms with E-state index in [9.17, 15) is 0 Å². The van der Waals surface area contributed by atoms with Crippen molar-refractivity contribution < 1.29 is 5.11 Å². The van der Waals surface area contributed by atoms with Crippen LogP contribution in [0.1, 0.15) is 25.8 Å². The highest BCUT2D eigenvalue weighted by Crippen LogP contribution is 2.25. The molecule has 0 radical (unpaired) electrons. The Morgan fingerprint density at radius 1 is 1.33 bits per heavy atom. The van der Waals surface area contributed by atoms with Crippen LogP contribution >= 0.6 is 11.6 Å². The summed E-state index contributed by atoms with van der Waals surface area (Å²) < 4.78 is 0. The van der Waals surface area contributed by atoms with E-state index in [1.165, 1.54) is 11.3 Å². The van der Waals surface area contributed by atoms with Gasteiger partial charge in [-0.05, 0) is 37.6 Å². The van der Waals surface area contributed by atoms with E-state index >= 15 is 0 Å². The van der Waals surface area contributed by atoms with Crippen molar-refractivity contribution >= 4 is 17.3 Å². The predicted octanol–water partition coefficient (Wildman–Crippen LogP) is 2.66. The smallest absolute Gasteiger partial charge is 0.0447 e. The summed E-state index contributed by atoms with van der Waals surface area (Å²) in [6.45, 7) is 8.00. The molecule has 0 atom stereocenters. The molecule has 0 aliphatic heterocycles. The van der Waals surface area contributed by atoms with Crippen molar-refractivity contribution in [3.8, 4) is 0 Å². The molecule has 0 aliphatic rings. The van der Waals surface area contributed by atoms with Gasteiger partial charge in [0.05, 0.1) is 0 Å². The average Bonchev–Trinajstić information content (AvgIpc) is 2.38. The Morgan fingerprint density at radius 2 is 2.11 bits per heavy atom. The molecule has 0 bridgehead atoms. The fourth-order valence-electron chi connectivity index (χ4n) is 1.95. The summed E-state index contributed by atoms with van der Waals surface area (Å²) in [7, 11) is 0. The Hall–Kier alpha value is -0.770.